The van der Waals surface area contributed by atoms with Crippen molar-refractivity contribution in [3.8, 4) is 0 Å². The SMILES string of the molecule is CNCC1(Cc2cccc(Cl)c2)CCCc2ccccc21. The van der Waals surface area contributed by atoms with Crippen LogP contribution in [0.15, 0.2) is 48.5 Å². The van der Waals surface area contributed by atoms with Crippen molar-refractivity contribution in [2.75, 3.05) is 13.6 Å². The summed E-state index contributed by atoms with van der Waals surface area (Å²) in [5.41, 5.74) is 4.55. The van der Waals surface area contributed by atoms with Gasteiger partial charge >= 0.3 is 0 Å². The molecule has 1 nitrogen and oxygen atoms in total. The zero-order valence-electron chi connectivity index (χ0n) is 12.5. The van der Waals surface area contributed by atoms with Crippen LogP contribution in [0.4, 0.5) is 0 Å². The summed E-state index contributed by atoms with van der Waals surface area (Å²) in [5.74, 6) is 0. The number of likely N-dealkylation sites (N-methyl/N-ethyl adjacent to an activating group) is 1. The summed E-state index contributed by atoms with van der Waals surface area (Å²) in [6.07, 6.45) is 4.75. The predicted molar refractivity (Wildman–Crippen MR) is 90.1 cm³/mol. The summed E-state index contributed by atoms with van der Waals surface area (Å²) in [6.45, 7) is 1.01. The van der Waals surface area contributed by atoms with Crippen LogP contribution in [-0.4, -0.2) is 13.6 Å². The van der Waals surface area contributed by atoms with E-state index in [2.05, 4.69) is 54.8 Å². The third kappa shape index (κ3) is 3.00. The van der Waals surface area contributed by atoms with Gasteiger partial charge in [-0.05, 0) is 61.6 Å². The van der Waals surface area contributed by atoms with E-state index < -0.39 is 0 Å². The molecule has 0 fully saturated rings. The van der Waals surface area contributed by atoms with Gasteiger partial charge in [0.05, 0.1) is 0 Å². The van der Waals surface area contributed by atoms with Gasteiger partial charge < -0.3 is 5.32 Å². The standard InChI is InChI=1S/C19H22ClN/c1-21-14-19(13-15-6-4-9-17(20)12-15)11-5-8-16-7-2-3-10-18(16)19/h2-4,6-7,9-10,12,21H,5,8,11,13-14H2,1H3. The van der Waals surface area contributed by atoms with Crippen molar-refractivity contribution in [2.45, 2.75) is 31.1 Å². The van der Waals surface area contributed by atoms with Crippen molar-refractivity contribution in [3.05, 3.63) is 70.2 Å². The van der Waals surface area contributed by atoms with Gasteiger partial charge in [0.2, 0.25) is 0 Å². The van der Waals surface area contributed by atoms with Crippen molar-refractivity contribution < 1.29 is 0 Å². The lowest BCUT2D eigenvalue weighted by Crippen LogP contribution is -2.41. The second-order valence-corrected chi connectivity index (χ2v) is 6.56. The summed E-state index contributed by atoms with van der Waals surface area (Å²) >= 11 is 6.17. The maximum Gasteiger partial charge on any atom is 0.0408 e. The molecule has 0 bridgehead atoms. The van der Waals surface area contributed by atoms with Crippen LogP contribution in [0.3, 0.4) is 0 Å². The number of nitrogens with one attached hydrogen (secondary N) is 1. The molecule has 0 saturated heterocycles. The van der Waals surface area contributed by atoms with Gasteiger partial charge in [-0.15, -0.1) is 0 Å². The second-order valence-electron chi connectivity index (χ2n) is 6.13. The molecule has 2 aromatic rings. The van der Waals surface area contributed by atoms with E-state index in [0.29, 0.717) is 0 Å². The summed E-state index contributed by atoms with van der Waals surface area (Å²) in [4.78, 5) is 0. The van der Waals surface area contributed by atoms with Gasteiger partial charge in [0.1, 0.15) is 0 Å². The largest absolute Gasteiger partial charge is 0.319 e. The Labute approximate surface area is 132 Å². The van der Waals surface area contributed by atoms with Gasteiger partial charge in [-0.25, -0.2) is 0 Å². The molecule has 1 aliphatic carbocycles. The molecule has 0 spiro atoms. The summed E-state index contributed by atoms with van der Waals surface area (Å²) in [7, 11) is 2.05. The van der Waals surface area contributed by atoms with Crippen LogP contribution in [0, 0.1) is 0 Å². The molecule has 0 aromatic heterocycles. The van der Waals surface area contributed by atoms with E-state index in [4.69, 9.17) is 11.6 Å². The van der Waals surface area contributed by atoms with E-state index in [1.165, 1.54) is 36.0 Å². The highest BCUT2D eigenvalue weighted by Gasteiger charge is 2.35. The molecule has 110 valence electrons. The molecule has 0 saturated carbocycles. The van der Waals surface area contributed by atoms with E-state index in [0.717, 1.165) is 18.0 Å². The predicted octanol–water partition coefficient (Wildman–Crippen LogP) is 4.38. The Morgan fingerprint density at radius 2 is 2.00 bits per heavy atom. The van der Waals surface area contributed by atoms with Gasteiger partial charge in [-0.1, -0.05) is 48.0 Å². The number of benzene rings is 2. The number of rotatable bonds is 4. The molecular formula is C19H22ClN. The molecule has 0 radical (unpaired) electrons. The lowest BCUT2D eigenvalue weighted by molar-refractivity contribution is 0.345. The number of halogens is 1. The fourth-order valence-corrected chi connectivity index (χ4v) is 4.03. The average molecular weight is 300 g/mol. The topological polar surface area (TPSA) is 12.0 Å². The normalized spacial score (nSPS) is 21.0. The molecule has 1 aliphatic rings. The molecule has 1 unspecified atom stereocenters. The lowest BCUT2D eigenvalue weighted by atomic mass is 9.67. The Hall–Kier alpha value is -1.31. The Morgan fingerprint density at radius 1 is 1.14 bits per heavy atom. The highest BCUT2D eigenvalue weighted by molar-refractivity contribution is 6.30. The van der Waals surface area contributed by atoms with Gasteiger partial charge in [-0.2, -0.15) is 0 Å². The first-order valence-electron chi connectivity index (χ1n) is 7.71. The van der Waals surface area contributed by atoms with Crippen molar-refractivity contribution in [3.63, 3.8) is 0 Å². The minimum Gasteiger partial charge on any atom is -0.319 e. The van der Waals surface area contributed by atoms with Crippen LogP contribution >= 0.6 is 11.6 Å². The number of aryl methyl sites for hydroxylation is 1. The molecule has 1 N–H and O–H groups in total. The maximum atomic E-state index is 6.17. The molecule has 2 heteroatoms. The quantitative estimate of drug-likeness (QED) is 0.883. The first-order chi connectivity index (χ1) is 10.2. The van der Waals surface area contributed by atoms with Crippen molar-refractivity contribution in [1.29, 1.82) is 0 Å². The highest BCUT2D eigenvalue weighted by Crippen LogP contribution is 2.39. The van der Waals surface area contributed by atoms with Crippen LogP contribution in [0.1, 0.15) is 29.5 Å². The molecule has 2 aromatic carbocycles. The van der Waals surface area contributed by atoms with Crippen LogP contribution < -0.4 is 5.32 Å². The summed E-state index contributed by atoms with van der Waals surface area (Å²) in [5, 5.41) is 4.25. The van der Waals surface area contributed by atoms with Gasteiger partial charge in [0.25, 0.3) is 0 Å². The average Bonchev–Trinajstić information content (AvgIpc) is 2.48. The van der Waals surface area contributed by atoms with Crippen molar-refractivity contribution in [1.82, 2.24) is 5.32 Å². The monoisotopic (exact) mass is 299 g/mol. The smallest absolute Gasteiger partial charge is 0.0408 e. The van der Waals surface area contributed by atoms with Gasteiger partial charge in [0.15, 0.2) is 0 Å². The molecule has 3 rings (SSSR count). The molecule has 21 heavy (non-hydrogen) atoms. The first kappa shape index (κ1) is 14.6. The Kier molecular flexibility index (Phi) is 4.32. The minimum absolute atomic E-state index is 0.189. The van der Waals surface area contributed by atoms with Crippen LogP contribution in [0.25, 0.3) is 0 Å². The van der Waals surface area contributed by atoms with E-state index in [1.807, 2.05) is 6.07 Å². The number of hydrogen-bond acceptors (Lipinski definition) is 1. The molecule has 0 aliphatic heterocycles. The highest BCUT2D eigenvalue weighted by atomic mass is 35.5. The minimum atomic E-state index is 0.189. The third-order valence-electron chi connectivity index (χ3n) is 4.64. The van der Waals surface area contributed by atoms with Crippen molar-refractivity contribution in [2.24, 2.45) is 0 Å². The summed E-state index contributed by atoms with van der Waals surface area (Å²) < 4.78 is 0. The van der Waals surface area contributed by atoms with Crippen molar-refractivity contribution >= 4 is 11.6 Å². The Balaban J connectivity index is 2.01. The third-order valence-corrected chi connectivity index (χ3v) is 4.87. The van der Waals surface area contributed by atoms with E-state index >= 15 is 0 Å². The fraction of sp³-hybridized carbons (Fsp3) is 0.368. The molecule has 1 atom stereocenters. The number of fused-ring (bicyclic) bond motifs is 1. The van der Waals surface area contributed by atoms with Crippen LogP contribution in [0.5, 0.6) is 0 Å². The molecule has 0 amide bonds. The van der Waals surface area contributed by atoms with E-state index in [1.54, 1.807) is 0 Å². The first-order valence-corrected chi connectivity index (χ1v) is 8.09. The Morgan fingerprint density at radius 3 is 2.81 bits per heavy atom. The molecule has 0 heterocycles. The fourth-order valence-electron chi connectivity index (χ4n) is 3.81. The summed E-state index contributed by atoms with van der Waals surface area (Å²) in [6, 6.07) is 17.2. The zero-order valence-corrected chi connectivity index (χ0v) is 13.3. The van der Waals surface area contributed by atoms with Gasteiger partial charge in [-0.3, -0.25) is 0 Å². The van der Waals surface area contributed by atoms with Crippen LogP contribution in [-0.2, 0) is 18.3 Å². The van der Waals surface area contributed by atoms with E-state index in [9.17, 15) is 0 Å². The number of hydrogen-bond donors (Lipinski definition) is 1. The van der Waals surface area contributed by atoms with Crippen LogP contribution in [0.2, 0.25) is 5.02 Å². The molecular weight excluding hydrogens is 278 g/mol. The second kappa shape index (κ2) is 6.21. The van der Waals surface area contributed by atoms with E-state index in [-0.39, 0.29) is 5.41 Å². The lowest BCUT2D eigenvalue weighted by Gasteiger charge is -2.39. The Bertz CT molecular complexity index is 622. The van der Waals surface area contributed by atoms with Gasteiger partial charge in [0, 0.05) is 17.0 Å². The zero-order chi connectivity index (χ0) is 14.7. The maximum absolute atomic E-state index is 6.17.